The van der Waals surface area contributed by atoms with Crippen molar-refractivity contribution in [1.82, 2.24) is 14.8 Å². The SMILES string of the molecule is Cc1ccc(C[C@@H](C#N)Sc2nncn2Cc2ccco2)cc1. The number of hydrogen-bond donors (Lipinski definition) is 0. The second kappa shape index (κ2) is 7.16. The summed E-state index contributed by atoms with van der Waals surface area (Å²) in [5.74, 6) is 0.832. The predicted octanol–water partition coefficient (Wildman–Crippen LogP) is 3.45. The Kier molecular flexibility index (Phi) is 4.79. The minimum absolute atomic E-state index is 0.211. The average Bonchev–Trinajstić information content (AvgIpc) is 3.22. The van der Waals surface area contributed by atoms with Crippen LogP contribution >= 0.6 is 11.8 Å². The highest BCUT2D eigenvalue weighted by molar-refractivity contribution is 8.00. The summed E-state index contributed by atoms with van der Waals surface area (Å²) in [5.41, 5.74) is 2.36. The third-order valence-corrected chi connectivity index (χ3v) is 4.50. The Morgan fingerprint density at radius 2 is 2.13 bits per heavy atom. The number of nitriles is 1. The van der Waals surface area contributed by atoms with Crippen LogP contribution in [0.1, 0.15) is 16.9 Å². The van der Waals surface area contributed by atoms with E-state index < -0.39 is 0 Å². The minimum Gasteiger partial charge on any atom is -0.467 e. The molecule has 116 valence electrons. The molecule has 5 nitrogen and oxygen atoms in total. The van der Waals surface area contributed by atoms with Gasteiger partial charge in [-0.3, -0.25) is 0 Å². The fourth-order valence-electron chi connectivity index (χ4n) is 2.19. The van der Waals surface area contributed by atoms with Crippen molar-refractivity contribution in [2.24, 2.45) is 0 Å². The largest absolute Gasteiger partial charge is 0.467 e. The van der Waals surface area contributed by atoms with Crippen molar-refractivity contribution in [3.8, 4) is 6.07 Å². The Morgan fingerprint density at radius 1 is 1.30 bits per heavy atom. The van der Waals surface area contributed by atoms with E-state index in [1.165, 1.54) is 17.3 Å². The lowest BCUT2D eigenvalue weighted by molar-refractivity contribution is 0.484. The molecule has 0 aliphatic heterocycles. The van der Waals surface area contributed by atoms with Gasteiger partial charge in [0.25, 0.3) is 0 Å². The molecule has 0 bridgehead atoms. The smallest absolute Gasteiger partial charge is 0.192 e. The Labute approximate surface area is 139 Å². The van der Waals surface area contributed by atoms with Crippen LogP contribution in [0.5, 0.6) is 0 Å². The normalized spacial score (nSPS) is 12.0. The summed E-state index contributed by atoms with van der Waals surface area (Å²) in [5, 5.41) is 18.0. The van der Waals surface area contributed by atoms with Crippen molar-refractivity contribution in [3.63, 3.8) is 0 Å². The van der Waals surface area contributed by atoms with Crippen LogP contribution < -0.4 is 0 Å². The van der Waals surface area contributed by atoms with E-state index in [9.17, 15) is 5.26 Å². The highest BCUT2D eigenvalue weighted by Crippen LogP contribution is 2.24. The molecule has 3 rings (SSSR count). The van der Waals surface area contributed by atoms with Crippen molar-refractivity contribution >= 4 is 11.8 Å². The van der Waals surface area contributed by atoms with Crippen molar-refractivity contribution in [2.45, 2.75) is 30.3 Å². The molecule has 3 aromatic rings. The number of aromatic nitrogens is 3. The molecule has 0 aliphatic rings. The molecule has 1 aromatic carbocycles. The van der Waals surface area contributed by atoms with E-state index >= 15 is 0 Å². The second-order valence-corrected chi connectivity index (χ2v) is 6.42. The summed E-state index contributed by atoms with van der Waals surface area (Å²) in [4.78, 5) is 0. The van der Waals surface area contributed by atoms with Gasteiger partial charge in [0.1, 0.15) is 17.3 Å². The summed E-state index contributed by atoms with van der Waals surface area (Å²) in [6.07, 6.45) is 3.97. The molecule has 0 fully saturated rings. The molecule has 1 atom stereocenters. The molecular weight excluding hydrogens is 308 g/mol. The van der Waals surface area contributed by atoms with E-state index in [2.05, 4.69) is 47.5 Å². The number of rotatable bonds is 6. The Balaban J connectivity index is 1.69. The topological polar surface area (TPSA) is 67.6 Å². The van der Waals surface area contributed by atoms with E-state index in [0.29, 0.717) is 13.0 Å². The molecule has 0 aliphatic carbocycles. The fourth-order valence-corrected chi connectivity index (χ4v) is 3.12. The van der Waals surface area contributed by atoms with Gasteiger partial charge in [-0.15, -0.1) is 10.2 Å². The monoisotopic (exact) mass is 324 g/mol. The van der Waals surface area contributed by atoms with Gasteiger partial charge in [0.05, 0.1) is 18.9 Å². The van der Waals surface area contributed by atoms with Crippen LogP contribution in [0.15, 0.2) is 58.6 Å². The lowest BCUT2D eigenvalue weighted by Gasteiger charge is -2.09. The van der Waals surface area contributed by atoms with Crippen LogP contribution in [0.2, 0.25) is 0 Å². The molecule has 6 heteroatoms. The van der Waals surface area contributed by atoms with Gasteiger partial charge < -0.3 is 8.98 Å². The van der Waals surface area contributed by atoms with Crippen LogP contribution in [0.25, 0.3) is 0 Å². The Morgan fingerprint density at radius 3 is 2.83 bits per heavy atom. The number of nitrogens with zero attached hydrogens (tertiary/aromatic N) is 4. The first-order valence-electron chi connectivity index (χ1n) is 7.26. The lowest BCUT2D eigenvalue weighted by atomic mass is 10.1. The van der Waals surface area contributed by atoms with Gasteiger partial charge in [0, 0.05) is 0 Å². The summed E-state index contributed by atoms with van der Waals surface area (Å²) in [6, 6.07) is 14.4. The highest BCUT2D eigenvalue weighted by Gasteiger charge is 2.15. The Bertz CT molecular complexity index is 787. The van der Waals surface area contributed by atoms with Gasteiger partial charge in [-0.1, -0.05) is 41.6 Å². The molecule has 0 saturated carbocycles. The summed E-state index contributed by atoms with van der Waals surface area (Å²) >= 11 is 1.43. The zero-order valence-electron chi connectivity index (χ0n) is 12.7. The van der Waals surface area contributed by atoms with Gasteiger partial charge >= 0.3 is 0 Å². The first kappa shape index (κ1) is 15.4. The van der Waals surface area contributed by atoms with E-state index in [0.717, 1.165) is 16.5 Å². The first-order valence-corrected chi connectivity index (χ1v) is 8.14. The third-order valence-electron chi connectivity index (χ3n) is 3.42. The van der Waals surface area contributed by atoms with Crippen molar-refractivity contribution < 1.29 is 4.42 Å². The quantitative estimate of drug-likeness (QED) is 0.650. The molecule has 0 unspecified atom stereocenters. The van der Waals surface area contributed by atoms with Crippen molar-refractivity contribution in [1.29, 1.82) is 5.26 Å². The van der Waals surface area contributed by atoms with Crippen LogP contribution in [-0.2, 0) is 13.0 Å². The van der Waals surface area contributed by atoms with Gasteiger partial charge in [-0.2, -0.15) is 5.26 Å². The number of benzene rings is 1. The molecule has 0 spiro atoms. The van der Waals surface area contributed by atoms with E-state index in [1.807, 2.05) is 16.7 Å². The molecule has 0 amide bonds. The van der Waals surface area contributed by atoms with Gasteiger partial charge in [0.2, 0.25) is 0 Å². The lowest BCUT2D eigenvalue weighted by Crippen LogP contribution is -2.07. The van der Waals surface area contributed by atoms with Crippen LogP contribution in [0.4, 0.5) is 0 Å². The molecular formula is C17H16N4OS. The summed E-state index contributed by atoms with van der Waals surface area (Å²) in [7, 11) is 0. The van der Waals surface area contributed by atoms with Gasteiger partial charge in [-0.05, 0) is 31.0 Å². The first-order chi connectivity index (χ1) is 11.2. The van der Waals surface area contributed by atoms with Crippen LogP contribution in [0, 0.1) is 18.3 Å². The zero-order chi connectivity index (χ0) is 16.1. The third kappa shape index (κ3) is 4.02. The summed E-state index contributed by atoms with van der Waals surface area (Å²) in [6.45, 7) is 2.61. The molecule has 0 saturated heterocycles. The fraction of sp³-hybridized carbons (Fsp3) is 0.235. The molecule has 2 heterocycles. The standard InChI is InChI=1S/C17H16N4OS/c1-13-4-6-14(7-5-13)9-16(10-18)23-17-20-19-12-21(17)11-15-3-2-8-22-15/h2-8,12,16H,9,11H2,1H3/t16-/m0/s1. The molecule has 0 N–H and O–H groups in total. The maximum Gasteiger partial charge on any atom is 0.192 e. The van der Waals surface area contributed by atoms with Gasteiger partial charge in [-0.25, -0.2) is 0 Å². The van der Waals surface area contributed by atoms with Crippen molar-refractivity contribution in [2.75, 3.05) is 0 Å². The van der Waals surface area contributed by atoms with E-state index in [1.54, 1.807) is 12.6 Å². The number of hydrogen-bond acceptors (Lipinski definition) is 5. The van der Waals surface area contributed by atoms with E-state index in [-0.39, 0.29) is 5.25 Å². The zero-order valence-corrected chi connectivity index (χ0v) is 13.5. The molecule has 0 radical (unpaired) electrons. The number of thioether (sulfide) groups is 1. The number of furan rings is 1. The molecule has 23 heavy (non-hydrogen) atoms. The predicted molar refractivity (Wildman–Crippen MR) is 88.0 cm³/mol. The maximum atomic E-state index is 9.44. The van der Waals surface area contributed by atoms with E-state index in [4.69, 9.17) is 4.42 Å². The Hall–Kier alpha value is -2.52. The van der Waals surface area contributed by atoms with Crippen molar-refractivity contribution in [3.05, 3.63) is 65.9 Å². The average molecular weight is 324 g/mol. The highest BCUT2D eigenvalue weighted by atomic mass is 32.2. The maximum absolute atomic E-state index is 9.44. The molecule has 2 aromatic heterocycles. The van der Waals surface area contributed by atoms with Crippen LogP contribution in [-0.4, -0.2) is 20.0 Å². The van der Waals surface area contributed by atoms with Crippen LogP contribution in [0.3, 0.4) is 0 Å². The summed E-state index contributed by atoms with van der Waals surface area (Å²) < 4.78 is 7.24. The minimum atomic E-state index is -0.211. The second-order valence-electron chi connectivity index (χ2n) is 5.25. The van der Waals surface area contributed by atoms with Gasteiger partial charge in [0.15, 0.2) is 5.16 Å². The number of aryl methyl sites for hydroxylation is 1.